The van der Waals surface area contributed by atoms with Crippen molar-refractivity contribution >= 4 is 23.5 Å². The van der Waals surface area contributed by atoms with Gasteiger partial charge in [0.15, 0.2) is 0 Å². The molecule has 2 amide bonds. The monoisotopic (exact) mass is 317 g/mol. The summed E-state index contributed by atoms with van der Waals surface area (Å²) >= 11 is 0. The van der Waals surface area contributed by atoms with Gasteiger partial charge in [0.1, 0.15) is 0 Å². The number of hydrogen-bond acceptors (Lipinski definition) is 5. The molecule has 0 aliphatic carbocycles. The van der Waals surface area contributed by atoms with Crippen molar-refractivity contribution in [2.75, 3.05) is 19.0 Å². The molecule has 1 aromatic rings. The zero-order chi connectivity index (χ0) is 17.1. The number of methoxy groups -OCH3 is 1. The number of carbonyl (C=O) groups is 3. The first-order valence-electron chi connectivity index (χ1n) is 7.18. The minimum atomic E-state index is -0.758. The number of anilines is 1. The average Bonchev–Trinajstić information content (AvgIpc) is 2.56. The highest BCUT2D eigenvalue weighted by atomic mass is 16.5. The molecule has 1 aromatic carbocycles. The van der Waals surface area contributed by atoms with E-state index in [1.54, 1.807) is 24.3 Å². The molecule has 0 fully saturated rings. The van der Waals surface area contributed by atoms with Crippen LogP contribution in [0.25, 0.3) is 0 Å². The summed E-state index contributed by atoms with van der Waals surface area (Å²) < 4.78 is 4.50. The summed E-state index contributed by atoms with van der Waals surface area (Å²) in [6, 6.07) is 8.72. The topological polar surface area (TPSA) is 108 Å². The second kappa shape index (κ2) is 9.95. The molecule has 0 saturated heterocycles. The Morgan fingerprint density at radius 3 is 2.43 bits per heavy atom. The van der Waals surface area contributed by atoms with Crippen molar-refractivity contribution in [3.05, 3.63) is 29.8 Å². The number of unbranched alkanes of at least 4 members (excludes halogenated alkanes) is 1. The lowest BCUT2D eigenvalue weighted by Crippen LogP contribution is -2.35. The molecular weight excluding hydrogens is 298 g/mol. The Morgan fingerprint density at radius 2 is 1.83 bits per heavy atom. The predicted molar refractivity (Wildman–Crippen MR) is 83.3 cm³/mol. The van der Waals surface area contributed by atoms with Gasteiger partial charge < -0.3 is 15.4 Å². The number of nitrogens with one attached hydrogen (secondary N) is 2. The second-order valence-corrected chi connectivity index (χ2v) is 4.78. The van der Waals surface area contributed by atoms with Gasteiger partial charge in [0.05, 0.1) is 19.6 Å². The van der Waals surface area contributed by atoms with Crippen LogP contribution in [0.5, 0.6) is 0 Å². The number of nitriles is 1. The van der Waals surface area contributed by atoms with Gasteiger partial charge >= 0.3 is 17.8 Å². The van der Waals surface area contributed by atoms with E-state index in [0.29, 0.717) is 31.5 Å². The maximum Gasteiger partial charge on any atom is 0.313 e. The van der Waals surface area contributed by atoms with Crippen LogP contribution in [0.1, 0.15) is 24.8 Å². The summed E-state index contributed by atoms with van der Waals surface area (Å²) in [5.74, 6) is -1.79. The van der Waals surface area contributed by atoms with E-state index in [9.17, 15) is 14.4 Å². The van der Waals surface area contributed by atoms with Gasteiger partial charge in [-0.1, -0.05) is 12.1 Å². The lowest BCUT2D eigenvalue weighted by molar-refractivity contribution is -0.140. The third-order valence-corrected chi connectivity index (χ3v) is 3.02. The Balaban J connectivity index is 2.29. The third kappa shape index (κ3) is 7.09. The van der Waals surface area contributed by atoms with E-state index < -0.39 is 11.8 Å². The Labute approximate surface area is 134 Å². The Morgan fingerprint density at radius 1 is 1.13 bits per heavy atom. The molecule has 0 radical (unpaired) electrons. The van der Waals surface area contributed by atoms with Crippen molar-refractivity contribution in [2.45, 2.75) is 25.7 Å². The van der Waals surface area contributed by atoms with E-state index in [1.165, 1.54) is 7.11 Å². The smallest absolute Gasteiger partial charge is 0.313 e. The van der Waals surface area contributed by atoms with Gasteiger partial charge in [0, 0.05) is 18.7 Å². The Hall–Kier alpha value is -2.88. The Kier molecular flexibility index (Phi) is 7.86. The molecule has 7 heteroatoms. The van der Waals surface area contributed by atoms with Gasteiger partial charge in [-0.15, -0.1) is 0 Å². The number of ether oxygens (including phenoxy) is 1. The maximum atomic E-state index is 11.7. The van der Waals surface area contributed by atoms with E-state index in [1.807, 2.05) is 6.07 Å². The SMILES string of the molecule is COC(=O)CCCCNC(=O)C(=O)Nc1ccc(CC#N)cc1. The number of hydrogen-bond donors (Lipinski definition) is 2. The fourth-order valence-electron chi connectivity index (χ4n) is 1.76. The summed E-state index contributed by atoms with van der Waals surface area (Å²) in [6.07, 6.45) is 1.74. The van der Waals surface area contributed by atoms with Crippen LogP contribution in [0, 0.1) is 11.3 Å². The molecular formula is C16H19N3O4. The lowest BCUT2D eigenvalue weighted by atomic mass is 10.1. The van der Waals surface area contributed by atoms with Gasteiger partial charge in [-0.05, 0) is 30.5 Å². The highest BCUT2D eigenvalue weighted by Crippen LogP contribution is 2.09. The highest BCUT2D eigenvalue weighted by molar-refractivity contribution is 6.39. The molecule has 0 unspecified atom stereocenters. The van der Waals surface area contributed by atoms with E-state index in [0.717, 1.165) is 5.56 Å². The summed E-state index contributed by atoms with van der Waals surface area (Å²) in [5, 5.41) is 13.5. The maximum absolute atomic E-state index is 11.7. The van der Waals surface area contributed by atoms with Crippen molar-refractivity contribution in [2.24, 2.45) is 0 Å². The van der Waals surface area contributed by atoms with Crippen molar-refractivity contribution in [3.8, 4) is 6.07 Å². The largest absolute Gasteiger partial charge is 0.469 e. The number of rotatable bonds is 7. The standard InChI is InChI=1S/C16H19N3O4/c1-23-14(20)4-2-3-11-18-15(21)16(22)19-13-7-5-12(6-8-13)9-10-17/h5-8H,2-4,9,11H2,1H3,(H,18,21)(H,19,22). The van der Waals surface area contributed by atoms with Crippen LogP contribution in [0.4, 0.5) is 5.69 Å². The van der Waals surface area contributed by atoms with Crippen LogP contribution in [0.2, 0.25) is 0 Å². The highest BCUT2D eigenvalue weighted by Gasteiger charge is 2.13. The minimum absolute atomic E-state index is 0.285. The molecule has 0 aliphatic rings. The first-order valence-corrected chi connectivity index (χ1v) is 7.18. The molecule has 0 saturated carbocycles. The number of nitrogens with zero attached hydrogens (tertiary/aromatic N) is 1. The van der Waals surface area contributed by atoms with Crippen molar-refractivity contribution in [1.82, 2.24) is 5.32 Å². The zero-order valence-electron chi connectivity index (χ0n) is 12.9. The van der Waals surface area contributed by atoms with Crippen LogP contribution >= 0.6 is 0 Å². The molecule has 0 bridgehead atoms. The number of amides is 2. The third-order valence-electron chi connectivity index (χ3n) is 3.02. The first-order chi connectivity index (χ1) is 11.1. The fraction of sp³-hybridized carbons (Fsp3) is 0.375. The molecule has 0 atom stereocenters. The van der Waals surface area contributed by atoms with Crippen LogP contribution in [-0.2, 0) is 25.5 Å². The lowest BCUT2D eigenvalue weighted by Gasteiger charge is -2.07. The Bertz CT molecular complexity index is 590. The van der Waals surface area contributed by atoms with Crippen molar-refractivity contribution in [1.29, 1.82) is 5.26 Å². The molecule has 23 heavy (non-hydrogen) atoms. The number of benzene rings is 1. The molecule has 0 aliphatic heterocycles. The predicted octanol–water partition coefficient (Wildman–Crippen LogP) is 1.15. The normalized spacial score (nSPS) is 9.57. The van der Waals surface area contributed by atoms with Crippen LogP contribution < -0.4 is 10.6 Å². The second-order valence-electron chi connectivity index (χ2n) is 4.78. The van der Waals surface area contributed by atoms with Gasteiger partial charge in [0.2, 0.25) is 0 Å². The summed E-state index contributed by atoms with van der Waals surface area (Å²) in [4.78, 5) is 34.2. The van der Waals surface area contributed by atoms with Crippen LogP contribution in [0.15, 0.2) is 24.3 Å². The molecule has 0 spiro atoms. The summed E-state index contributed by atoms with van der Waals surface area (Å²) in [6.45, 7) is 0.310. The molecule has 7 nitrogen and oxygen atoms in total. The molecule has 122 valence electrons. The summed E-state index contributed by atoms with van der Waals surface area (Å²) in [5.41, 5.74) is 1.32. The molecule has 2 N–H and O–H groups in total. The minimum Gasteiger partial charge on any atom is -0.469 e. The zero-order valence-corrected chi connectivity index (χ0v) is 12.9. The number of carbonyl (C=O) groups excluding carboxylic acids is 3. The van der Waals surface area contributed by atoms with E-state index >= 15 is 0 Å². The van der Waals surface area contributed by atoms with E-state index in [-0.39, 0.29) is 12.4 Å². The molecule has 0 heterocycles. The van der Waals surface area contributed by atoms with Gasteiger partial charge in [-0.2, -0.15) is 5.26 Å². The van der Waals surface area contributed by atoms with E-state index in [2.05, 4.69) is 15.4 Å². The van der Waals surface area contributed by atoms with Crippen molar-refractivity contribution < 1.29 is 19.1 Å². The molecule has 1 rings (SSSR count). The quantitative estimate of drug-likeness (QED) is 0.445. The number of esters is 1. The van der Waals surface area contributed by atoms with Gasteiger partial charge in [-0.25, -0.2) is 0 Å². The fourth-order valence-corrected chi connectivity index (χ4v) is 1.76. The first kappa shape index (κ1) is 18.2. The van der Waals surface area contributed by atoms with Gasteiger partial charge in [0.25, 0.3) is 0 Å². The summed E-state index contributed by atoms with van der Waals surface area (Å²) in [7, 11) is 1.32. The van der Waals surface area contributed by atoms with E-state index in [4.69, 9.17) is 5.26 Å². The average molecular weight is 317 g/mol. The van der Waals surface area contributed by atoms with Crippen molar-refractivity contribution in [3.63, 3.8) is 0 Å². The van der Waals surface area contributed by atoms with Crippen LogP contribution in [0.3, 0.4) is 0 Å². The van der Waals surface area contributed by atoms with Crippen LogP contribution in [-0.4, -0.2) is 31.4 Å². The molecule has 0 aromatic heterocycles. The van der Waals surface area contributed by atoms with Gasteiger partial charge in [-0.3, -0.25) is 14.4 Å².